The molecule has 156 valence electrons. The van der Waals surface area contributed by atoms with Crippen LogP contribution in [0.4, 0.5) is 26.3 Å². The van der Waals surface area contributed by atoms with Crippen molar-refractivity contribution in [1.29, 1.82) is 0 Å². The Hall–Kier alpha value is -1.98. The van der Waals surface area contributed by atoms with E-state index >= 15 is 0 Å². The van der Waals surface area contributed by atoms with Gasteiger partial charge in [0.2, 0.25) is 0 Å². The minimum atomic E-state index is -4.23. The monoisotopic (exact) mass is 404 g/mol. The quantitative estimate of drug-likeness (QED) is 0.456. The molecule has 0 aliphatic carbocycles. The molecule has 0 atom stereocenters. The van der Waals surface area contributed by atoms with Crippen LogP contribution < -0.4 is 0 Å². The van der Waals surface area contributed by atoms with Crippen LogP contribution in [0.3, 0.4) is 0 Å². The molecular formula is C22H26F6. The second kappa shape index (κ2) is 9.99. The Kier molecular flexibility index (Phi) is 8.58. The van der Waals surface area contributed by atoms with Gasteiger partial charge in [-0.1, -0.05) is 64.1 Å². The Bertz CT molecular complexity index is 726. The smallest absolute Gasteiger partial charge is 0.166 e. The van der Waals surface area contributed by atoms with Gasteiger partial charge < -0.3 is 0 Å². The molecule has 0 nitrogen and oxygen atoms in total. The first-order valence-electron chi connectivity index (χ1n) is 9.12. The highest BCUT2D eigenvalue weighted by atomic mass is 19.4. The third kappa shape index (κ3) is 8.36. The van der Waals surface area contributed by atoms with Gasteiger partial charge in [-0.15, -0.1) is 0 Å². The zero-order valence-electron chi connectivity index (χ0n) is 16.5. The van der Waals surface area contributed by atoms with Gasteiger partial charge in [0.1, 0.15) is 0 Å². The van der Waals surface area contributed by atoms with Crippen LogP contribution in [0.5, 0.6) is 0 Å². The first kappa shape index (κ1) is 24.1. The van der Waals surface area contributed by atoms with Gasteiger partial charge in [0.15, 0.2) is 0 Å². The largest absolute Gasteiger partial charge is 0.416 e. The first-order chi connectivity index (χ1) is 12.8. The fourth-order valence-corrected chi connectivity index (χ4v) is 2.76. The van der Waals surface area contributed by atoms with E-state index in [4.69, 9.17) is 0 Å². The number of hydrogen-bond donors (Lipinski definition) is 0. The highest BCUT2D eigenvalue weighted by Crippen LogP contribution is 2.32. The molecule has 2 rings (SSSR count). The Balaban J connectivity index is 0.000000280. The molecule has 0 saturated heterocycles. The summed E-state index contributed by atoms with van der Waals surface area (Å²) in [6.07, 6.45) is -7.31. The summed E-state index contributed by atoms with van der Waals surface area (Å²) in [7, 11) is 0. The predicted molar refractivity (Wildman–Crippen MR) is 100.0 cm³/mol. The van der Waals surface area contributed by atoms with Crippen LogP contribution in [0.2, 0.25) is 0 Å². The standard InChI is InChI=1S/2C11H13F3/c1-8(2)6-9-4-3-5-10(7-9)11(12,13)14;1-8(2)7-9-5-3-4-6-10(9)11(12,13)14/h3-5,7-8H,6H2,1-2H3;3-6,8H,7H2,1-2H3. The molecule has 0 amide bonds. The van der Waals surface area contributed by atoms with Crippen LogP contribution >= 0.6 is 0 Å². The second-order valence-corrected chi connectivity index (χ2v) is 7.55. The summed E-state index contributed by atoms with van der Waals surface area (Å²) in [4.78, 5) is 0. The fraction of sp³-hybridized carbons (Fsp3) is 0.455. The topological polar surface area (TPSA) is 0 Å². The molecular weight excluding hydrogens is 378 g/mol. The second-order valence-electron chi connectivity index (χ2n) is 7.55. The van der Waals surface area contributed by atoms with E-state index in [1.807, 2.05) is 27.7 Å². The van der Waals surface area contributed by atoms with Gasteiger partial charge in [0.25, 0.3) is 0 Å². The van der Waals surface area contributed by atoms with Gasteiger partial charge in [-0.25, -0.2) is 0 Å². The van der Waals surface area contributed by atoms with Crippen molar-refractivity contribution in [3.05, 3.63) is 70.8 Å². The Morgan fingerprint density at radius 1 is 0.679 bits per heavy atom. The maximum Gasteiger partial charge on any atom is 0.416 e. The van der Waals surface area contributed by atoms with Gasteiger partial charge in [-0.2, -0.15) is 26.3 Å². The van der Waals surface area contributed by atoms with Crippen molar-refractivity contribution in [2.24, 2.45) is 11.8 Å². The van der Waals surface area contributed by atoms with Crippen molar-refractivity contribution in [1.82, 2.24) is 0 Å². The van der Waals surface area contributed by atoms with E-state index in [-0.39, 0.29) is 5.92 Å². The van der Waals surface area contributed by atoms with E-state index in [2.05, 4.69) is 0 Å². The molecule has 0 aliphatic rings. The van der Waals surface area contributed by atoms with Crippen molar-refractivity contribution in [2.75, 3.05) is 0 Å². The lowest BCUT2D eigenvalue weighted by atomic mass is 9.98. The summed E-state index contributed by atoms with van der Waals surface area (Å²) in [6.45, 7) is 7.79. The van der Waals surface area contributed by atoms with Gasteiger partial charge in [0, 0.05) is 0 Å². The Morgan fingerprint density at radius 3 is 1.75 bits per heavy atom. The van der Waals surface area contributed by atoms with Crippen LogP contribution in [0, 0.1) is 11.8 Å². The molecule has 0 spiro atoms. The average Bonchev–Trinajstić information content (AvgIpc) is 2.53. The highest BCUT2D eigenvalue weighted by molar-refractivity contribution is 5.30. The normalized spacial score (nSPS) is 12.1. The lowest BCUT2D eigenvalue weighted by Gasteiger charge is -2.13. The van der Waals surface area contributed by atoms with E-state index in [0.717, 1.165) is 17.7 Å². The first-order valence-corrected chi connectivity index (χ1v) is 9.12. The molecule has 0 unspecified atom stereocenters. The van der Waals surface area contributed by atoms with Crippen LogP contribution in [-0.2, 0) is 25.2 Å². The molecule has 0 radical (unpaired) electrons. The third-order valence-electron chi connectivity index (χ3n) is 3.85. The average molecular weight is 404 g/mol. The van der Waals surface area contributed by atoms with Gasteiger partial charge in [-0.3, -0.25) is 0 Å². The van der Waals surface area contributed by atoms with Crippen LogP contribution in [0.25, 0.3) is 0 Å². The molecule has 0 bridgehead atoms. The molecule has 0 N–H and O–H groups in total. The van der Waals surface area contributed by atoms with Gasteiger partial charge in [-0.05, 0) is 47.9 Å². The number of benzene rings is 2. The summed E-state index contributed by atoms with van der Waals surface area (Å²) >= 11 is 0. The molecule has 0 aromatic heterocycles. The number of alkyl halides is 6. The molecule has 2 aromatic carbocycles. The van der Waals surface area contributed by atoms with Gasteiger partial charge >= 0.3 is 12.4 Å². The number of hydrogen-bond acceptors (Lipinski definition) is 0. The summed E-state index contributed by atoms with van der Waals surface area (Å²) < 4.78 is 74.4. The van der Waals surface area contributed by atoms with Gasteiger partial charge in [0.05, 0.1) is 11.1 Å². The summed E-state index contributed by atoms with van der Waals surface area (Å²) in [5, 5.41) is 0. The van der Waals surface area contributed by atoms with E-state index in [9.17, 15) is 26.3 Å². The molecule has 28 heavy (non-hydrogen) atoms. The highest BCUT2D eigenvalue weighted by Gasteiger charge is 2.32. The van der Waals surface area contributed by atoms with Crippen molar-refractivity contribution >= 4 is 0 Å². The number of rotatable bonds is 4. The lowest BCUT2D eigenvalue weighted by molar-refractivity contribution is -0.138. The van der Waals surface area contributed by atoms with E-state index in [0.29, 0.717) is 24.3 Å². The summed E-state index contributed by atoms with van der Waals surface area (Å²) in [5.41, 5.74) is 0.0641. The van der Waals surface area contributed by atoms with Crippen molar-refractivity contribution in [3.63, 3.8) is 0 Å². The summed E-state index contributed by atoms with van der Waals surface area (Å²) in [6, 6.07) is 11.3. The van der Waals surface area contributed by atoms with Crippen LogP contribution in [0.15, 0.2) is 48.5 Å². The maximum atomic E-state index is 12.5. The minimum Gasteiger partial charge on any atom is -0.166 e. The van der Waals surface area contributed by atoms with Crippen LogP contribution in [0.1, 0.15) is 49.9 Å². The zero-order valence-corrected chi connectivity index (χ0v) is 16.5. The zero-order chi connectivity index (χ0) is 21.5. The van der Waals surface area contributed by atoms with E-state index in [1.54, 1.807) is 18.2 Å². The Morgan fingerprint density at radius 2 is 1.25 bits per heavy atom. The van der Waals surface area contributed by atoms with Crippen molar-refractivity contribution in [3.8, 4) is 0 Å². The Labute approximate surface area is 162 Å². The maximum absolute atomic E-state index is 12.5. The molecule has 0 saturated carbocycles. The third-order valence-corrected chi connectivity index (χ3v) is 3.85. The van der Waals surface area contributed by atoms with E-state index in [1.165, 1.54) is 18.2 Å². The predicted octanol–water partition coefficient (Wildman–Crippen LogP) is 7.81. The molecule has 0 fully saturated rings. The fourth-order valence-electron chi connectivity index (χ4n) is 2.76. The number of halogens is 6. The minimum absolute atomic E-state index is 0.235. The molecule has 0 aliphatic heterocycles. The lowest BCUT2D eigenvalue weighted by Crippen LogP contribution is -2.10. The van der Waals surface area contributed by atoms with Crippen molar-refractivity contribution < 1.29 is 26.3 Å². The SMILES string of the molecule is CC(C)Cc1cccc(C(F)(F)F)c1.CC(C)Cc1ccccc1C(F)(F)F. The molecule has 2 aromatic rings. The molecule has 6 heteroatoms. The van der Waals surface area contributed by atoms with Crippen molar-refractivity contribution in [2.45, 2.75) is 52.9 Å². The van der Waals surface area contributed by atoms with Crippen LogP contribution in [-0.4, -0.2) is 0 Å². The summed E-state index contributed by atoms with van der Waals surface area (Å²) in [5.74, 6) is 0.608. The van der Waals surface area contributed by atoms with E-state index < -0.39 is 23.5 Å². The molecule has 0 heterocycles.